The molecule has 0 aliphatic carbocycles. The topological polar surface area (TPSA) is 78.0 Å². The van der Waals surface area contributed by atoms with E-state index in [0.29, 0.717) is 9.39 Å². The molecule has 0 spiro atoms. The van der Waals surface area contributed by atoms with E-state index in [-0.39, 0.29) is 12.2 Å². The van der Waals surface area contributed by atoms with Gasteiger partial charge in [0.2, 0.25) is 0 Å². The van der Waals surface area contributed by atoms with Crippen molar-refractivity contribution in [2.45, 2.75) is 19.4 Å². The standard InChI is InChI=1S/C8H12IN3O2/c1-8(2,3-13)12-6-5(9)7(14)11-4-10-6/h4,13H,3H2,1-2H3,(H2,10,11,12,14). The molecule has 0 radical (unpaired) electrons. The first kappa shape index (κ1) is 11.4. The Hall–Kier alpha value is -0.630. The van der Waals surface area contributed by atoms with Crippen LogP contribution in [0.3, 0.4) is 0 Å². The van der Waals surface area contributed by atoms with E-state index in [9.17, 15) is 4.79 Å². The van der Waals surface area contributed by atoms with Crippen LogP contribution in [0, 0.1) is 3.57 Å². The molecular formula is C8H12IN3O2. The van der Waals surface area contributed by atoms with Crippen LogP contribution >= 0.6 is 22.6 Å². The summed E-state index contributed by atoms with van der Waals surface area (Å²) in [6, 6.07) is 0. The summed E-state index contributed by atoms with van der Waals surface area (Å²) < 4.78 is 0.492. The minimum atomic E-state index is -0.485. The van der Waals surface area contributed by atoms with Crippen molar-refractivity contribution in [1.82, 2.24) is 9.97 Å². The van der Waals surface area contributed by atoms with Gasteiger partial charge in [-0.15, -0.1) is 0 Å². The van der Waals surface area contributed by atoms with E-state index in [1.165, 1.54) is 6.33 Å². The van der Waals surface area contributed by atoms with Crippen molar-refractivity contribution in [1.29, 1.82) is 0 Å². The third-order valence-corrected chi connectivity index (χ3v) is 2.65. The summed E-state index contributed by atoms with van der Waals surface area (Å²) in [5, 5.41) is 12.0. The van der Waals surface area contributed by atoms with Crippen molar-refractivity contribution in [3.63, 3.8) is 0 Å². The number of nitrogens with one attached hydrogen (secondary N) is 2. The van der Waals surface area contributed by atoms with Gasteiger partial charge in [0.1, 0.15) is 9.39 Å². The Morgan fingerprint density at radius 3 is 2.93 bits per heavy atom. The maximum absolute atomic E-state index is 11.2. The highest BCUT2D eigenvalue weighted by molar-refractivity contribution is 14.1. The van der Waals surface area contributed by atoms with Crippen molar-refractivity contribution < 1.29 is 5.11 Å². The van der Waals surface area contributed by atoms with Crippen LogP contribution < -0.4 is 10.9 Å². The number of aliphatic hydroxyl groups excluding tert-OH is 1. The van der Waals surface area contributed by atoms with Gasteiger partial charge in [0, 0.05) is 0 Å². The molecule has 0 unspecified atom stereocenters. The van der Waals surface area contributed by atoms with Gasteiger partial charge in [-0.1, -0.05) is 0 Å². The highest BCUT2D eigenvalue weighted by atomic mass is 127. The van der Waals surface area contributed by atoms with Gasteiger partial charge in [-0.25, -0.2) is 4.98 Å². The van der Waals surface area contributed by atoms with Crippen molar-refractivity contribution in [3.05, 3.63) is 20.3 Å². The minimum Gasteiger partial charge on any atom is -0.394 e. The van der Waals surface area contributed by atoms with Crippen LogP contribution in [-0.2, 0) is 0 Å². The predicted molar refractivity (Wildman–Crippen MR) is 62.4 cm³/mol. The smallest absolute Gasteiger partial charge is 0.266 e. The Kier molecular flexibility index (Phi) is 3.48. The SMILES string of the molecule is CC(C)(CO)Nc1nc[nH]c(=O)c1I. The molecule has 0 amide bonds. The summed E-state index contributed by atoms with van der Waals surface area (Å²) in [6.07, 6.45) is 1.33. The molecule has 1 aromatic rings. The van der Waals surface area contributed by atoms with Crippen molar-refractivity contribution in [2.75, 3.05) is 11.9 Å². The number of nitrogens with zero attached hydrogens (tertiary/aromatic N) is 1. The molecule has 5 nitrogen and oxygen atoms in total. The summed E-state index contributed by atoms with van der Waals surface area (Å²) in [7, 11) is 0. The first-order valence-electron chi connectivity index (χ1n) is 4.08. The van der Waals surface area contributed by atoms with Gasteiger partial charge >= 0.3 is 0 Å². The average molecular weight is 309 g/mol. The lowest BCUT2D eigenvalue weighted by Crippen LogP contribution is -2.36. The van der Waals surface area contributed by atoms with Crippen LogP contribution in [0.4, 0.5) is 5.82 Å². The molecule has 0 aliphatic heterocycles. The van der Waals surface area contributed by atoms with E-state index in [1.807, 2.05) is 36.4 Å². The molecule has 0 aliphatic rings. The molecule has 78 valence electrons. The number of rotatable bonds is 3. The van der Waals surface area contributed by atoms with Crippen molar-refractivity contribution in [3.8, 4) is 0 Å². The van der Waals surface area contributed by atoms with Gasteiger partial charge < -0.3 is 15.4 Å². The normalized spacial score (nSPS) is 11.4. The lowest BCUT2D eigenvalue weighted by molar-refractivity contribution is 0.234. The van der Waals surface area contributed by atoms with Crippen LogP contribution in [0.15, 0.2) is 11.1 Å². The third-order valence-electron chi connectivity index (χ3n) is 1.65. The molecule has 3 N–H and O–H groups in total. The molecule has 0 bridgehead atoms. The van der Waals surface area contributed by atoms with E-state index in [1.54, 1.807) is 0 Å². The molecule has 1 aromatic heterocycles. The highest BCUT2D eigenvalue weighted by Crippen LogP contribution is 2.14. The summed E-state index contributed by atoms with van der Waals surface area (Å²) in [5.74, 6) is 0.494. The largest absolute Gasteiger partial charge is 0.394 e. The lowest BCUT2D eigenvalue weighted by Gasteiger charge is -2.24. The van der Waals surface area contributed by atoms with Crippen LogP contribution in [0.1, 0.15) is 13.8 Å². The molecular weight excluding hydrogens is 297 g/mol. The van der Waals surface area contributed by atoms with Crippen LogP contribution in [0.2, 0.25) is 0 Å². The lowest BCUT2D eigenvalue weighted by atomic mass is 10.1. The fourth-order valence-electron chi connectivity index (χ4n) is 0.830. The quantitative estimate of drug-likeness (QED) is 0.713. The summed E-state index contributed by atoms with van der Waals surface area (Å²) in [6.45, 7) is 3.62. The Morgan fingerprint density at radius 2 is 2.36 bits per heavy atom. The van der Waals surface area contributed by atoms with E-state index < -0.39 is 5.54 Å². The van der Waals surface area contributed by atoms with Gasteiger partial charge in [-0.3, -0.25) is 4.79 Å². The van der Waals surface area contributed by atoms with E-state index in [0.717, 1.165) is 0 Å². The zero-order valence-electron chi connectivity index (χ0n) is 7.97. The molecule has 0 aromatic carbocycles. The van der Waals surface area contributed by atoms with Crippen LogP contribution in [0.5, 0.6) is 0 Å². The summed E-state index contributed by atoms with van der Waals surface area (Å²) in [4.78, 5) is 17.7. The molecule has 0 saturated carbocycles. The zero-order chi connectivity index (χ0) is 10.8. The third kappa shape index (κ3) is 2.68. The van der Waals surface area contributed by atoms with Crippen LogP contribution in [-0.4, -0.2) is 27.2 Å². The van der Waals surface area contributed by atoms with E-state index in [4.69, 9.17) is 5.11 Å². The number of aromatic nitrogens is 2. The Bertz CT molecular complexity index is 375. The fraction of sp³-hybridized carbons (Fsp3) is 0.500. The second kappa shape index (κ2) is 4.26. The molecule has 6 heteroatoms. The maximum Gasteiger partial charge on any atom is 0.266 e. The highest BCUT2D eigenvalue weighted by Gasteiger charge is 2.18. The zero-order valence-corrected chi connectivity index (χ0v) is 10.1. The van der Waals surface area contributed by atoms with Gasteiger partial charge in [-0.05, 0) is 36.4 Å². The first-order chi connectivity index (χ1) is 6.46. The predicted octanol–water partition coefficient (Wildman–Crippen LogP) is 0.557. The number of hydrogen-bond donors (Lipinski definition) is 3. The molecule has 1 rings (SSSR count). The van der Waals surface area contributed by atoms with Crippen molar-refractivity contribution in [2.24, 2.45) is 0 Å². The minimum absolute atomic E-state index is 0.0302. The Morgan fingerprint density at radius 1 is 1.71 bits per heavy atom. The monoisotopic (exact) mass is 309 g/mol. The molecule has 0 atom stereocenters. The van der Waals surface area contributed by atoms with Gasteiger partial charge in [0.25, 0.3) is 5.56 Å². The maximum atomic E-state index is 11.2. The molecule has 0 fully saturated rings. The second-order valence-electron chi connectivity index (χ2n) is 3.56. The van der Waals surface area contributed by atoms with E-state index >= 15 is 0 Å². The number of anilines is 1. The van der Waals surface area contributed by atoms with Gasteiger partial charge in [0.15, 0.2) is 0 Å². The number of halogens is 1. The number of aromatic amines is 1. The average Bonchev–Trinajstić information content (AvgIpc) is 2.13. The van der Waals surface area contributed by atoms with Gasteiger partial charge in [0.05, 0.1) is 18.5 Å². The van der Waals surface area contributed by atoms with Gasteiger partial charge in [-0.2, -0.15) is 0 Å². The molecule has 0 saturated heterocycles. The number of H-pyrrole nitrogens is 1. The van der Waals surface area contributed by atoms with Crippen molar-refractivity contribution >= 4 is 28.4 Å². The molecule has 1 heterocycles. The Balaban J connectivity index is 2.98. The first-order valence-corrected chi connectivity index (χ1v) is 5.16. The summed E-state index contributed by atoms with van der Waals surface area (Å²) in [5.41, 5.74) is -0.669. The van der Waals surface area contributed by atoms with Crippen LogP contribution in [0.25, 0.3) is 0 Å². The fourth-order valence-corrected chi connectivity index (χ4v) is 1.26. The summed E-state index contributed by atoms with van der Waals surface area (Å²) >= 11 is 1.91. The Labute approximate surface area is 95.1 Å². The molecule has 14 heavy (non-hydrogen) atoms. The second-order valence-corrected chi connectivity index (χ2v) is 4.64. The van der Waals surface area contributed by atoms with E-state index in [2.05, 4.69) is 15.3 Å². The number of hydrogen-bond acceptors (Lipinski definition) is 4. The number of aliphatic hydroxyl groups is 1.